The number of aliphatic carboxylic acids is 1. The molecule has 0 unspecified atom stereocenters. The van der Waals surface area contributed by atoms with E-state index >= 15 is 0 Å². The van der Waals surface area contributed by atoms with Crippen LogP contribution in [0.3, 0.4) is 0 Å². The smallest absolute Gasteiger partial charge is 0.307 e. The van der Waals surface area contributed by atoms with Crippen LogP contribution < -0.4 is 4.90 Å². The fraction of sp³-hybridized carbons (Fsp3) is 0.529. The summed E-state index contributed by atoms with van der Waals surface area (Å²) in [5.74, 6) is -1.05. The minimum atomic E-state index is -0.846. The van der Waals surface area contributed by atoms with Crippen molar-refractivity contribution in [2.45, 2.75) is 6.42 Å². The van der Waals surface area contributed by atoms with Gasteiger partial charge in [-0.3, -0.25) is 9.59 Å². The SMILES string of the molecule is O=C(O)[C@@H]1[C@@H](C(=O)N2CCN(c3ncccn3)CC2)[C@@H]2C=C[C@@H]1C2. The van der Waals surface area contributed by atoms with Crippen molar-refractivity contribution in [3.63, 3.8) is 0 Å². The molecule has 0 aromatic carbocycles. The second-order valence-electron chi connectivity index (χ2n) is 6.70. The van der Waals surface area contributed by atoms with Gasteiger partial charge in [-0.05, 0) is 24.3 Å². The van der Waals surface area contributed by atoms with Crippen molar-refractivity contribution in [2.75, 3.05) is 31.1 Å². The summed E-state index contributed by atoms with van der Waals surface area (Å²) < 4.78 is 0. The number of carboxylic acids is 1. The minimum absolute atomic E-state index is 0.00659. The van der Waals surface area contributed by atoms with Crippen LogP contribution in [0.25, 0.3) is 0 Å². The fourth-order valence-corrected chi connectivity index (χ4v) is 4.29. The van der Waals surface area contributed by atoms with Gasteiger partial charge in [-0.1, -0.05) is 12.2 Å². The zero-order valence-electron chi connectivity index (χ0n) is 13.3. The Morgan fingerprint density at radius 1 is 1.00 bits per heavy atom. The lowest BCUT2D eigenvalue weighted by atomic mass is 9.82. The maximum absolute atomic E-state index is 12.9. The van der Waals surface area contributed by atoms with Gasteiger partial charge in [-0.15, -0.1) is 0 Å². The first-order chi connectivity index (χ1) is 11.6. The Hall–Kier alpha value is -2.44. The molecular formula is C17H20N4O3. The van der Waals surface area contributed by atoms with Crippen LogP contribution in [-0.4, -0.2) is 58.0 Å². The number of carbonyl (C=O) groups excluding carboxylic acids is 1. The number of anilines is 1. The highest BCUT2D eigenvalue weighted by Crippen LogP contribution is 2.48. The van der Waals surface area contributed by atoms with E-state index in [4.69, 9.17) is 0 Å². The minimum Gasteiger partial charge on any atom is -0.481 e. The third-order valence-electron chi connectivity index (χ3n) is 5.46. The molecule has 1 saturated carbocycles. The lowest BCUT2D eigenvalue weighted by molar-refractivity contribution is -0.151. The molecule has 0 spiro atoms. The number of hydrogen-bond donors (Lipinski definition) is 1. The number of piperazine rings is 1. The number of aromatic nitrogens is 2. The van der Waals surface area contributed by atoms with Gasteiger partial charge in [-0.25, -0.2) is 9.97 Å². The van der Waals surface area contributed by atoms with E-state index in [-0.39, 0.29) is 17.7 Å². The summed E-state index contributed by atoms with van der Waals surface area (Å²) >= 11 is 0. The normalized spacial score (nSPS) is 31.5. The van der Waals surface area contributed by atoms with Crippen LogP contribution in [-0.2, 0) is 9.59 Å². The van der Waals surface area contributed by atoms with Crippen molar-refractivity contribution in [1.29, 1.82) is 0 Å². The molecule has 126 valence electrons. The number of carboxylic acid groups (broad SMARTS) is 1. The van der Waals surface area contributed by atoms with Gasteiger partial charge in [-0.2, -0.15) is 0 Å². The van der Waals surface area contributed by atoms with Crippen LogP contribution in [0.2, 0.25) is 0 Å². The summed E-state index contributed by atoms with van der Waals surface area (Å²) in [5, 5.41) is 9.51. The predicted octanol–water partition coefficient (Wildman–Crippen LogP) is 0.648. The molecule has 24 heavy (non-hydrogen) atoms. The average molecular weight is 328 g/mol. The van der Waals surface area contributed by atoms with Gasteiger partial charge in [0, 0.05) is 38.6 Å². The molecule has 1 aromatic heterocycles. The number of amides is 1. The van der Waals surface area contributed by atoms with E-state index in [1.165, 1.54) is 0 Å². The molecule has 4 atom stereocenters. The molecule has 1 aromatic rings. The number of hydrogen-bond acceptors (Lipinski definition) is 5. The molecule has 7 nitrogen and oxygen atoms in total. The second-order valence-corrected chi connectivity index (χ2v) is 6.70. The molecule has 2 bridgehead atoms. The number of fused-ring (bicyclic) bond motifs is 2. The van der Waals surface area contributed by atoms with Crippen molar-refractivity contribution in [2.24, 2.45) is 23.7 Å². The maximum Gasteiger partial charge on any atom is 0.307 e. The van der Waals surface area contributed by atoms with E-state index < -0.39 is 17.8 Å². The largest absolute Gasteiger partial charge is 0.481 e. The molecular weight excluding hydrogens is 308 g/mol. The van der Waals surface area contributed by atoms with Crippen LogP contribution >= 0.6 is 0 Å². The summed E-state index contributed by atoms with van der Waals surface area (Å²) in [6.07, 6.45) is 8.21. The van der Waals surface area contributed by atoms with Crippen molar-refractivity contribution in [1.82, 2.24) is 14.9 Å². The topological polar surface area (TPSA) is 86.6 Å². The molecule has 2 fully saturated rings. The Labute approximate surface area is 140 Å². The highest BCUT2D eigenvalue weighted by Gasteiger charge is 2.52. The number of carbonyl (C=O) groups is 2. The average Bonchev–Trinajstić information content (AvgIpc) is 3.23. The monoisotopic (exact) mass is 328 g/mol. The van der Waals surface area contributed by atoms with Gasteiger partial charge >= 0.3 is 5.97 Å². The quantitative estimate of drug-likeness (QED) is 0.820. The van der Waals surface area contributed by atoms with E-state index in [2.05, 4.69) is 14.9 Å². The molecule has 1 saturated heterocycles. The summed E-state index contributed by atoms with van der Waals surface area (Å²) in [6.45, 7) is 2.51. The van der Waals surface area contributed by atoms with Gasteiger partial charge in [0.1, 0.15) is 0 Å². The number of rotatable bonds is 3. The van der Waals surface area contributed by atoms with Crippen LogP contribution in [0, 0.1) is 23.7 Å². The predicted molar refractivity (Wildman–Crippen MR) is 86.2 cm³/mol. The number of nitrogens with zero attached hydrogens (tertiary/aromatic N) is 4. The number of allylic oxidation sites excluding steroid dienone is 2. The molecule has 2 heterocycles. The second kappa shape index (κ2) is 5.89. The van der Waals surface area contributed by atoms with Gasteiger partial charge in [0.2, 0.25) is 11.9 Å². The Kier molecular flexibility index (Phi) is 3.70. The molecule has 3 aliphatic rings. The first kappa shape index (κ1) is 15.1. The third-order valence-corrected chi connectivity index (χ3v) is 5.46. The first-order valence-electron chi connectivity index (χ1n) is 8.37. The van der Waals surface area contributed by atoms with Crippen molar-refractivity contribution in [3.8, 4) is 0 Å². The lowest BCUT2D eigenvalue weighted by Gasteiger charge is -2.37. The Bertz CT molecular complexity index is 670. The maximum atomic E-state index is 12.9. The van der Waals surface area contributed by atoms with Crippen molar-refractivity contribution >= 4 is 17.8 Å². The van der Waals surface area contributed by atoms with E-state index in [1.54, 1.807) is 18.5 Å². The Morgan fingerprint density at radius 3 is 2.25 bits per heavy atom. The molecule has 4 rings (SSSR count). The molecule has 7 heteroatoms. The molecule has 1 aliphatic heterocycles. The first-order valence-corrected chi connectivity index (χ1v) is 8.37. The Morgan fingerprint density at radius 2 is 1.62 bits per heavy atom. The van der Waals surface area contributed by atoms with Crippen molar-refractivity contribution in [3.05, 3.63) is 30.6 Å². The Balaban J connectivity index is 1.43. The summed E-state index contributed by atoms with van der Waals surface area (Å²) in [4.78, 5) is 36.9. The summed E-state index contributed by atoms with van der Waals surface area (Å²) in [5.41, 5.74) is 0. The highest BCUT2D eigenvalue weighted by molar-refractivity contribution is 5.87. The van der Waals surface area contributed by atoms with E-state index in [0.717, 1.165) is 6.42 Å². The fourth-order valence-electron chi connectivity index (χ4n) is 4.29. The summed E-state index contributed by atoms with van der Waals surface area (Å²) in [7, 11) is 0. The van der Waals surface area contributed by atoms with E-state index in [1.807, 2.05) is 17.1 Å². The van der Waals surface area contributed by atoms with Crippen molar-refractivity contribution < 1.29 is 14.7 Å². The van der Waals surface area contributed by atoms with Crippen LogP contribution in [0.15, 0.2) is 30.6 Å². The van der Waals surface area contributed by atoms with Crippen LogP contribution in [0.1, 0.15) is 6.42 Å². The molecule has 1 amide bonds. The highest BCUT2D eigenvalue weighted by atomic mass is 16.4. The summed E-state index contributed by atoms with van der Waals surface area (Å²) in [6, 6.07) is 1.78. The lowest BCUT2D eigenvalue weighted by Crippen LogP contribution is -2.52. The van der Waals surface area contributed by atoms with Gasteiger partial charge < -0.3 is 14.9 Å². The zero-order valence-corrected chi connectivity index (χ0v) is 13.3. The molecule has 1 N–H and O–H groups in total. The zero-order chi connectivity index (χ0) is 16.7. The van der Waals surface area contributed by atoms with Crippen LogP contribution in [0.4, 0.5) is 5.95 Å². The molecule has 2 aliphatic carbocycles. The van der Waals surface area contributed by atoms with Gasteiger partial charge in [0.15, 0.2) is 0 Å². The standard InChI is InChI=1S/C17H20N4O3/c22-15(13-11-2-3-12(10-11)14(13)16(23)24)20-6-8-21(9-7-20)17-18-4-1-5-19-17/h1-5,11-14H,6-10H2,(H,23,24)/t11-,12-,13+,14+/m1/s1. The van der Waals surface area contributed by atoms with Gasteiger partial charge in [0.05, 0.1) is 11.8 Å². The van der Waals surface area contributed by atoms with E-state index in [0.29, 0.717) is 32.1 Å². The third kappa shape index (κ3) is 2.44. The molecule has 0 radical (unpaired) electrons. The van der Waals surface area contributed by atoms with E-state index in [9.17, 15) is 14.7 Å². The van der Waals surface area contributed by atoms with Crippen LogP contribution in [0.5, 0.6) is 0 Å². The van der Waals surface area contributed by atoms with Gasteiger partial charge in [0.25, 0.3) is 0 Å².